The van der Waals surface area contributed by atoms with E-state index in [1.807, 2.05) is 20.8 Å². The van der Waals surface area contributed by atoms with Gasteiger partial charge in [0.25, 0.3) is 0 Å². The number of carbonyl (C=O) groups is 2. The summed E-state index contributed by atoms with van der Waals surface area (Å²) in [5, 5.41) is 9.42. The molecular formula is C14H26N2O3. The topological polar surface area (TPSA) is 83.6 Å². The predicted molar refractivity (Wildman–Crippen MR) is 73.7 cm³/mol. The fraction of sp³-hybridized carbons (Fsp3) is 0.857. The first-order valence-electron chi connectivity index (χ1n) is 7.10. The quantitative estimate of drug-likeness (QED) is 0.795. The van der Waals surface area contributed by atoms with E-state index in [2.05, 4.69) is 0 Å². The number of likely N-dealkylation sites (tertiary alicyclic amines) is 1. The van der Waals surface area contributed by atoms with Gasteiger partial charge in [-0.05, 0) is 24.7 Å². The molecule has 0 aromatic heterocycles. The molecule has 5 nitrogen and oxygen atoms in total. The molecule has 1 aliphatic rings. The van der Waals surface area contributed by atoms with Crippen LogP contribution in [0.25, 0.3) is 0 Å². The van der Waals surface area contributed by atoms with Gasteiger partial charge in [-0.15, -0.1) is 0 Å². The Morgan fingerprint density at radius 2 is 2.11 bits per heavy atom. The lowest BCUT2D eigenvalue weighted by atomic mass is 9.76. The fourth-order valence-corrected chi connectivity index (χ4v) is 2.86. The SMILES string of the molecule is CCCC[C@H](N)C(=O)N1CCCC(C)(C)C1C(=O)O. The largest absolute Gasteiger partial charge is 0.480 e. The Morgan fingerprint density at radius 1 is 1.47 bits per heavy atom. The maximum Gasteiger partial charge on any atom is 0.326 e. The maximum atomic E-state index is 12.3. The van der Waals surface area contributed by atoms with Crippen LogP contribution in [0.15, 0.2) is 0 Å². The fourth-order valence-electron chi connectivity index (χ4n) is 2.86. The third kappa shape index (κ3) is 3.69. The summed E-state index contributed by atoms with van der Waals surface area (Å²) >= 11 is 0. The maximum absolute atomic E-state index is 12.3. The van der Waals surface area contributed by atoms with Crippen molar-refractivity contribution in [1.82, 2.24) is 4.90 Å². The second-order valence-corrected chi connectivity index (χ2v) is 6.11. The van der Waals surface area contributed by atoms with Gasteiger partial charge in [0.2, 0.25) is 5.91 Å². The molecule has 1 aliphatic heterocycles. The molecule has 2 atom stereocenters. The second-order valence-electron chi connectivity index (χ2n) is 6.11. The van der Waals surface area contributed by atoms with E-state index in [1.165, 1.54) is 4.90 Å². The van der Waals surface area contributed by atoms with Crippen molar-refractivity contribution >= 4 is 11.9 Å². The first-order valence-corrected chi connectivity index (χ1v) is 7.10. The number of nitrogens with two attached hydrogens (primary N) is 1. The van der Waals surface area contributed by atoms with Crippen molar-refractivity contribution in [1.29, 1.82) is 0 Å². The first-order chi connectivity index (χ1) is 8.81. The number of hydrogen-bond donors (Lipinski definition) is 2. The summed E-state index contributed by atoms with van der Waals surface area (Å²) in [6, 6.07) is -1.34. The molecule has 19 heavy (non-hydrogen) atoms. The number of unbranched alkanes of at least 4 members (excludes halogenated alkanes) is 1. The zero-order chi connectivity index (χ0) is 14.6. The van der Waals surface area contributed by atoms with Gasteiger partial charge >= 0.3 is 5.97 Å². The molecule has 0 aromatic carbocycles. The third-order valence-electron chi connectivity index (χ3n) is 3.97. The van der Waals surface area contributed by atoms with Crippen LogP contribution in [0.3, 0.4) is 0 Å². The number of aliphatic carboxylic acids is 1. The molecule has 1 rings (SSSR count). The molecule has 110 valence electrons. The zero-order valence-electron chi connectivity index (χ0n) is 12.2. The highest BCUT2D eigenvalue weighted by Gasteiger charge is 2.45. The highest BCUT2D eigenvalue weighted by atomic mass is 16.4. The molecule has 0 aliphatic carbocycles. The zero-order valence-corrected chi connectivity index (χ0v) is 12.2. The van der Waals surface area contributed by atoms with Gasteiger partial charge in [-0.2, -0.15) is 0 Å². The van der Waals surface area contributed by atoms with E-state index < -0.39 is 23.5 Å². The molecular weight excluding hydrogens is 244 g/mol. The van der Waals surface area contributed by atoms with E-state index in [0.717, 1.165) is 25.7 Å². The minimum absolute atomic E-state index is 0.214. The Morgan fingerprint density at radius 3 is 2.63 bits per heavy atom. The lowest BCUT2D eigenvalue weighted by Crippen LogP contribution is -2.59. The molecule has 0 aromatic rings. The Labute approximate surface area is 115 Å². The van der Waals surface area contributed by atoms with Crippen LogP contribution >= 0.6 is 0 Å². The molecule has 3 N–H and O–H groups in total. The van der Waals surface area contributed by atoms with Crippen LogP contribution in [-0.2, 0) is 9.59 Å². The summed E-state index contributed by atoms with van der Waals surface area (Å²) < 4.78 is 0. The standard InChI is InChI=1S/C14H26N2O3/c1-4-5-7-10(15)12(17)16-9-6-8-14(2,3)11(16)13(18)19/h10-11H,4-9,15H2,1-3H3,(H,18,19)/t10-,11?/m0/s1. The summed E-state index contributed by atoms with van der Waals surface area (Å²) in [5.74, 6) is -1.14. The average molecular weight is 270 g/mol. The molecule has 1 saturated heterocycles. The lowest BCUT2D eigenvalue weighted by molar-refractivity contribution is -0.159. The Kier molecular flexibility index (Phi) is 5.35. The number of carboxylic acid groups (broad SMARTS) is 1. The molecule has 1 fully saturated rings. The van der Waals surface area contributed by atoms with E-state index >= 15 is 0 Å². The summed E-state index contributed by atoms with van der Waals surface area (Å²) in [5.41, 5.74) is 5.50. The van der Waals surface area contributed by atoms with Crippen molar-refractivity contribution in [3.05, 3.63) is 0 Å². The van der Waals surface area contributed by atoms with Crippen LogP contribution in [0, 0.1) is 5.41 Å². The highest BCUT2D eigenvalue weighted by molar-refractivity contribution is 5.87. The summed E-state index contributed by atoms with van der Waals surface area (Å²) in [6.07, 6.45) is 4.15. The van der Waals surface area contributed by atoms with Gasteiger partial charge in [-0.1, -0.05) is 33.6 Å². The van der Waals surface area contributed by atoms with Crippen LogP contribution in [0.4, 0.5) is 0 Å². The second kappa shape index (κ2) is 6.37. The monoisotopic (exact) mass is 270 g/mol. The highest BCUT2D eigenvalue weighted by Crippen LogP contribution is 2.35. The van der Waals surface area contributed by atoms with Crippen LogP contribution in [0.5, 0.6) is 0 Å². The van der Waals surface area contributed by atoms with Crippen LogP contribution in [-0.4, -0.2) is 40.5 Å². The van der Waals surface area contributed by atoms with E-state index in [0.29, 0.717) is 13.0 Å². The summed E-state index contributed by atoms with van der Waals surface area (Å²) in [7, 11) is 0. The van der Waals surface area contributed by atoms with Crippen molar-refractivity contribution < 1.29 is 14.7 Å². The van der Waals surface area contributed by atoms with Crippen molar-refractivity contribution in [2.24, 2.45) is 11.1 Å². The van der Waals surface area contributed by atoms with Crippen LogP contribution in [0.2, 0.25) is 0 Å². The molecule has 1 heterocycles. The van der Waals surface area contributed by atoms with E-state index in [1.54, 1.807) is 0 Å². The van der Waals surface area contributed by atoms with Gasteiger partial charge in [-0.3, -0.25) is 4.79 Å². The van der Waals surface area contributed by atoms with Crippen molar-refractivity contribution in [3.63, 3.8) is 0 Å². The summed E-state index contributed by atoms with van der Waals surface area (Å²) in [6.45, 7) is 6.35. The number of carboxylic acids is 1. The van der Waals surface area contributed by atoms with E-state index in [9.17, 15) is 14.7 Å². The summed E-state index contributed by atoms with van der Waals surface area (Å²) in [4.78, 5) is 25.3. The Balaban J connectivity index is 2.83. The molecule has 1 unspecified atom stereocenters. The van der Waals surface area contributed by atoms with Gasteiger partial charge in [-0.25, -0.2) is 4.79 Å². The van der Waals surface area contributed by atoms with Crippen molar-refractivity contribution in [2.45, 2.75) is 65.0 Å². The Hall–Kier alpha value is -1.10. The van der Waals surface area contributed by atoms with E-state index in [4.69, 9.17) is 5.73 Å². The number of amides is 1. The van der Waals surface area contributed by atoms with Gasteiger partial charge in [0.1, 0.15) is 6.04 Å². The van der Waals surface area contributed by atoms with E-state index in [-0.39, 0.29) is 5.91 Å². The predicted octanol–water partition coefficient (Wildman–Crippen LogP) is 1.61. The number of carbonyl (C=O) groups excluding carboxylic acids is 1. The molecule has 0 bridgehead atoms. The number of rotatable bonds is 5. The van der Waals surface area contributed by atoms with Gasteiger partial charge in [0, 0.05) is 6.54 Å². The first kappa shape index (κ1) is 16.0. The molecule has 5 heteroatoms. The number of hydrogen-bond acceptors (Lipinski definition) is 3. The third-order valence-corrected chi connectivity index (χ3v) is 3.97. The van der Waals surface area contributed by atoms with Gasteiger partial charge in [0.15, 0.2) is 0 Å². The van der Waals surface area contributed by atoms with Crippen LogP contribution < -0.4 is 5.73 Å². The number of piperidine rings is 1. The molecule has 0 spiro atoms. The smallest absolute Gasteiger partial charge is 0.326 e. The minimum Gasteiger partial charge on any atom is -0.480 e. The van der Waals surface area contributed by atoms with Crippen LogP contribution in [0.1, 0.15) is 52.9 Å². The van der Waals surface area contributed by atoms with Crippen molar-refractivity contribution in [3.8, 4) is 0 Å². The normalized spacial score (nSPS) is 24.0. The number of nitrogens with zero attached hydrogens (tertiary/aromatic N) is 1. The van der Waals surface area contributed by atoms with Crippen molar-refractivity contribution in [2.75, 3.05) is 6.54 Å². The van der Waals surface area contributed by atoms with Gasteiger partial charge < -0.3 is 15.7 Å². The van der Waals surface area contributed by atoms with Gasteiger partial charge in [0.05, 0.1) is 6.04 Å². The molecule has 1 amide bonds. The average Bonchev–Trinajstić information content (AvgIpc) is 2.32. The minimum atomic E-state index is -0.930. The lowest BCUT2D eigenvalue weighted by Gasteiger charge is -2.44. The molecule has 0 radical (unpaired) electrons. The molecule has 0 saturated carbocycles. The Bertz CT molecular complexity index is 342.